The molecule has 2 nitrogen and oxygen atoms in total. The van der Waals surface area contributed by atoms with Gasteiger partial charge in [-0.1, -0.05) is 18.1 Å². The van der Waals surface area contributed by atoms with Crippen molar-refractivity contribution in [2.45, 2.75) is 0 Å². The third kappa shape index (κ3) is 2.03. The minimum absolute atomic E-state index is 0.264. The van der Waals surface area contributed by atoms with E-state index in [4.69, 9.17) is 11.2 Å². The Labute approximate surface area is 88.1 Å². The molecule has 0 aliphatic heterocycles. The molecule has 0 aliphatic rings. The third-order valence-corrected chi connectivity index (χ3v) is 2.12. The SMILES string of the molecule is C#CCOc1ccc2cc(O)ccc2c1. The number of hydrogen-bond acceptors (Lipinski definition) is 2. The highest BCUT2D eigenvalue weighted by Gasteiger charge is 1.97. The molecule has 2 heteroatoms. The maximum atomic E-state index is 9.28. The summed E-state index contributed by atoms with van der Waals surface area (Å²) in [6, 6.07) is 10.8. The average Bonchev–Trinajstić information content (AvgIpc) is 2.26. The predicted molar refractivity (Wildman–Crippen MR) is 59.9 cm³/mol. The lowest BCUT2D eigenvalue weighted by atomic mass is 10.1. The van der Waals surface area contributed by atoms with Crippen LogP contribution in [0, 0.1) is 12.3 Å². The van der Waals surface area contributed by atoms with E-state index in [1.807, 2.05) is 24.3 Å². The van der Waals surface area contributed by atoms with Gasteiger partial charge in [0, 0.05) is 0 Å². The van der Waals surface area contributed by atoms with Crippen LogP contribution in [0.4, 0.5) is 0 Å². The lowest BCUT2D eigenvalue weighted by molar-refractivity contribution is 0.371. The van der Waals surface area contributed by atoms with Crippen molar-refractivity contribution in [3.8, 4) is 23.8 Å². The van der Waals surface area contributed by atoms with Crippen molar-refractivity contribution in [2.24, 2.45) is 0 Å². The van der Waals surface area contributed by atoms with Crippen molar-refractivity contribution >= 4 is 10.8 Å². The van der Waals surface area contributed by atoms with Crippen molar-refractivity contribution in [3.05, 3.63) is 36.4 Å². The minimum Gasteiger partial charge on any atom is -0.508 e. The first kappa shape index (κ1) is 9.42. The highest BCUT2D eigenvalue weighted by atomic mass is 16.5. The topological polar surface area (TPSA) is 29.5 Å². The summed E-state index contributed by atoms with van der Waals surface area (Å²) in [6.45, 7) is 0.267. The van der Waals surface area contributed by atoms with Gasteiger partial charge in [-0.2, -0.15) is 0 Å². The Morgan fingerprint density at radius 2 is 1.87 bits per heavy atom. The molecule has 2 aromatic rings. The summed E-state index contributed by atoms with van der Waals surface area (Å²) >= 11 is 0. The molecule has 0 spiro atoms. The zero-order valence-corrected chi connectivity index (χ0v) is 8.10. The summed E-state index contributed by atoms with van der Waals surface area (Å²) in [6.07, 6.45) is 5.10. The van der Waals surface area contributed by atoms with Gasteiger partial charge < -0.3 is 9.84 Å². The van der Waals surface area contributed by atoms with E-state index in [0.29, 0.717) is 0 Å². The number of aromatic hydroxyl groups is 1. The first-order valence-electron chi connectivity index (χ1n) is 4.58. The molecule has 1 N–H and O–H groups in total. The van der Waals surface area contributed by atoms with Crippen LogP contribution < -0.4 is 4.74 Å². The maximum Gasteiger partial charge on any atom is 0.148 e. The molecule has 2 rings (SSSR count). The van der Waals surface area contributed by atoms with Gasteiger partial charge in [-0.25, -0.2) is 0 Å². The number of rotatable bonds is 2. The van der Waals surface area contributed by atoms with Gasteiger partial charge in [-0.05, 0) is 35.0 Å². The van der Waals surface area contributed by atoms with Gasteiger partial charge >= 0.3 is 0 Å². The van der Waals surface area contributed by atoms with Crippen LogP contribution >= 0.6 is 0 Å². The van der Waals surface area contributed by atoms with Crippen LogP contribution in [0.15, 0.2) is 36.4 Å². The molecule has 0 aromatic heterocycles. The number of terminal acetylenes is 1. The van der Waals surface area contributed by atoms with Crippen molar-refractivity contribution in [3.63, 3.8) is 0 Å². The number of ether oxygens (including phenoxy) is 1. The Bertz CT molecular complexity index is 524. The fourth-order valence-corrected chi connectivity index (χ4v) is 1.43. The maximum absolute atomic E-state index is 9.28. The molecule has 74 valence electrons. The van der Waals surface area contributed by atoms with E-state index in [2.05, 4.69) is 5.92 Å². The summed E-state index contributed by atoms with van der Waals surface area (Å²) in [5.41, 5.74) is 0. The van der Waals surface area contributed by atoms with Crippen LogP contribution in [-0.2, 0) is 0 Å². The molecular weight excluding hydrogens is 188 g/mol. The van der Waals surface area contributed by atoms with Gasteiger partial charge in [-0.15, -0.1) is 6.42 Å². The first-order valence-corrected chi connectivity index (χ1v) is 4.58. The molecule has 0 atom stereocenters. The van der Waals surface area contributed by atoms with Crippen molar-refractivity contribution in [2.75, 3.05) is 6.61 Å². The normalized spacial score (nSPS) is 9.80. The number of hydrogen-bond donors (Lipinski definition) is 1. The fourth-order valence-electron chi connectivity index (χ4n) is 1.43. The summed E-state index contributed by atoms with van der Waals surface area (Å²) < 4.78 is 5.29. The van der Waals surface area contributed by atoms with Crippen molar-refractivity contribution in [1.29, 1.82) is 0 Å². The van der Waals surface area contributed by atoms with Gasteiger partial charge in [0.05, 0.1) is 0 Å². The van der Waals surface area contributed by atoms with E-state index in [-0.39, 0.29) is 12.4 Å². The summed E-state index contributed by atoms with van der Waals surface area (Å²) in [5, 5.41) is 11.3. The molecule has 15 heavy (non-hydrogen) atoms. The molecule has 2 aromatic carbocycles. The van der Waals surface area contributed by atoms with E-state index in [1.54, 1.807) is 12.1 Å². The van der Waals surface area contributed by atoms with Gasteiger partial charge in [-0.3, -0.25) is 0 Å². The predicted octanol–water partition coefficient (Wildman–Crippen LogP) is 2.56. The highest BCUT2D eigenvalue weighted by molar-refractivity contribution is 5.85. The van der Waals surface area contributed by atoms with Crippen molar-refractivity contribution < 1.29 is 9.84 Å². The van der Waals surface area contributed by atoms with Crippen LogP contribution in [0.25, 0.3) is 10.8 Å². The Kier molecular flexibility index (Phi) is 2.47. The van der Waals surface area contributed by atoms with Gasteiger partial charge in [0.2, 0.25) is 0 Å². The zero-order valence-electron chi connectivity index (χ0n) is 8.10. The standard InChI is InChI=1S/C13H10O2/c1-2-7-15-13-6-4-10-8-12(14)5-3-11(10)9-13/h1,3-6,8-9,14H,7H2. The van der Waals surface area contributed by atoms with Crippen LogP contribution in [0.2, 0.25) is 0 Å². The fraction of sp³-hybridized carbons (Fsp3) is 0.0769. The van der Waals surface area contributed by atoms with Gasteiger partial charge in [0.25, 0.3) is 0 Å². The summed E-state index contributed by atoms with van der Waals surface area (Å²) in [5.74, 6) is 3.42. The average molecular weight is 198 g/mol. The van der Waals surface area contributed by atoms with Gasteiger partial charge in [0.15, 0.2) is 0 Å². The van der Waals surface area contributed by atoms with Crippen LogP contribution in [0.5, 0.6) is 11.5 Å². The molecule has 0 unspecified atom stereocenters. The van der Waals surface area contributed by atoms with E-state index in [9.17, 15) is 5.11 Å². The Morgan fingerprint density at radius 3 is 2.67 bits per heavy atom. The molecule has 0 saturated heterocycles. The Hall–Kier alpha value is -2.14. The monoisotopic (exact) mass is 198 g/mol. The van der Waals surface area contributed by atoms with E-state index >= 15 is 0 Å². The number of phenolic OH excluding ortho intramolecular Hbond substituents is 1. The molecule has 0 saturated carbocycles. The van der Waals surface area contributed by atoms with E-state index < -0.39 is 0 Å². The van der Waals surface area contributed by atoms with Crippen molar-refractivity contribution in [1.82, 2.24) is 0 Å². The summed E-state index contributed by atoms with van der Waals surface area (Å²) in [7, 11) is 0. The Morgan fingerprint density at radius 1 is 1.13 bits per heavy atom. The molecular formula is C13H10O2. The van der Waals surface area contributed by atoms with Crippen LogP contribution in [0.3, 0.4) is 0 Å². The largest absolute Gasteiger partial charge is 0.508 e. The molecule has 0 radical (unpaired) electrons. The second kappa shape index (κ2) is 3.93. The third-order valence-electron chi connectivity index (χ3n) is 2.12. The smallest absolute Gasteiger partial charge is 0.148 e. The quantitative estimate of drug-likeness (QED) is 0.751. The van der Waals surface area contributed by atoms with Crippen LogP contribution in [-0.4, -0.2) is 11.7 Å². The number of benzene rings is 2. The first-order chi connectivity index (χ1) is 7.29. The second-order valence-corrected chi connectivity index (χ2v) is 3.19. The minimum atomic E-state index is 0.264. The second-order valence-electron chi connectivity index (χ2n) is 3.19. The molecule has 0 fully saturated rings. The van der Waals surface area contributed by atoms with Crippen LogP contribution in [0.1, 0.15) is 0 Å². The number of phenols is 1. The zero-order chi connectivity index (χ0) is 10.7. The van der Waals surface area contributed by atoms with Gasteiger partial charge in [0.1, 0.15) is 18.1 Å². The molecule has 0 bridgehead atoms. The highest BCUT2D eigenvalue weighted by Crippen LogP contribution is 2.24. The lowest BCUT2D eigenvalue weighted by Gasteiger charge is -2.04. The molecule has 0 heterocycles. The molecule has 0 aliphatic carbocycles. The van der Waals surface area contributed by atoms with E-state index in [1.165, 1.54) is 0 Å². The Balaban J connectivity index is 2.40. The number of fused-ring (bicyclic) bond motifs is 1. The van der Waals surface area contributed by atoms with E-state index in [0.717, 1.165) is 16.5 Å². The summed E-state index contributed by atoms with van der Waals surface area (Å²) in [4.78, 5) is 0. The molecule has 0 amide bonds. The lowest BCUT2D eigenvalue weighted by Crippen LogP contribution is -1.92.